The lowest BCUT2D eigenvalue weighted by Crippen LogP contribution is -2.35. The van der Waals surface area contributed by atoms with E-state index in [4.69, 9.17) is 4.74 Å². The van der Waals surface area contributed by atoms with E-state index < -0.39 is 0 Å². The molecule has 0 radical (unpaired) electrons. The largest absolute Gasteiger partial charge is 0.482 e. The van der Waals surface area contributed by atoms with Gasteiger partial charge in [0.05, 0.1) is 5.69 Å². The fraction of sp³-hybridized carbons (Fsp3) is 0.263. The lowest BCUT2D eigenvalue weighted by molar-refractivity contribution is -0.118. The van der Waals surface area contributed by atoms with E-state index in [0.717, 1.165) is 24.1 Å². The monoisotopic (exact) mass is 322 g/mol. The number of hydrogen-bond acceptors (Lipinski definition) is 3. The molecular formula is C19H18N2O3. The van der Waals surface area contributed by atoms with Crippen molar-refractivity contribution in [2.75, 3.05) is 23.4 Å². The Balaban J connectivity index is 1.69. The van der Waals surface area contributed by atoms with Gasteiger partial charge in [-0.2, -0.15) is 0 Å². The van der Waals surface area contributed by atoms with Gasteiger partial charge in [-0.05, 0) is 55.2 Å². The zero-order valence-corrected chi connectivity index (χ0v) is 13.5. The van der Waals surface area contributed by atoms with Crippen molar-refractivity contribution in [3.8, 4) is 5.75 Å². The fourth-order valence-electron chi connectivity index (χ4n) is 3.27. The molecule has 122 valence electrons. The molecule has 2 aromatic rings. The van der Waals surface area contributed by atoms with Gasteiger partial charge in [0.1, 0.15) is 5.75 Å². The lowest BCUT2D eigenvalue weighted by Gasteiger charge is -2.30. The third kappa shape index (κ3) is 2.52. The van der Waals surface area contributed by atoms with Gasteiger partial charge in [0, 0.05) is 17.8 Å². The van der Waals surface area contributed by atoms with Crippen LogP contribution in [0.4, 0.5) is 11.4 Å². The average Bonchev–Trinajstić information content (AvgIpc) is 2.60. The van der Waals surface area contributed by atoms with Crippen LogP contribution in [-0.2, 0) is 11.2 Å². The number of ether oxygens (including phenoxy) is 1. The molecule has 2 aliphatic rings. The number of rotatable bonds is 1. The summed E-state index contributed by atoms with van der Waals surface area (Å²) in [6.07, 6.45) is 1.94. The van der Waals surface area contributed by atoms with Gasteiger partial charge < -0.3 is 15.0 Å². The van der Waals surface area contributed by atoms with Crippen LogP contribution in [-0.4, -0.2) is 25.0 Å². The first kappa shape index (κ1) is 14.8. The molecule has 5 heteroatoms. The molecule has 2 aliphatic heterocycles. The van der Waals surface area contributed by atoms with Gasteiger partial charge in [0.2, 0.25) is 0 Å². The Hall–Kier alpha value is -2.82. The minimum absolute atomic E-state index is 0.0130. The highest BCUT2D eigenvalue weighted by molar-refractivity contribution is 6.08. The number of carbonyl (C=O) groups excluding carboxylic acids is 2. The second kappa shape index (κ2) is 5.67. The van der Waals surface area contributed by atoms with Crippen molar-refractivity contribution in [3.05, 3.63) is 53.1 Å². The minimum Gasteiger partial charge on any atom is -0.482 e. The van der Waals surface area contributed by atoms with Crippen LogP contribution in [0.1, 0.15) is 27.9 Å². The number of nitrogens with zero attached hydrogens (tertiary/aromatic N) is 1. The Labute approximate surface area is 140 Å². The van der Waals surface area contributed by atoms with E-state index in [1.807, 2.05) is 11.8 Å². The molecule has 0 atom stereocenters. The molecule has 0 bridgehead atoms. The highest BCUT2D eigenvalue weighted by Crippen LogP contribution is 2.32. The van der Waals surface area contributed by atoms with Crippen LogP contribution >= 0.6 is 0 Å². The van der Waals surface area contributed by atoms with E-state index in [9.17, 15) is 9.59 Å². The molecule has 0 aromatic heterocycles. The summed E-state index contributed by atoms with van der Waals surface area (Å²) < 4.78 is 5.35. The highest BCUT2D eigenvalue weighted by atomic mass is 16.5. The second-order valence-electron chi connectivity index (χ2n) is 6.24. The van der Waals surface area contributed by atoms with Crippen LogP contribution in [0.15, 0.2) is 36.4 Å². The number of fused-ring (bicyclic) bond motifs is 2. The molecule has 24 heavy (non-hydrogen) atoms. The molecule has 1 N–H and O–H groups in total. The summed E-state index contributed by atoms with van der Waals surface area (Å²) in [5.74, 6) is 0.344. The molecule has 0 saturated heterocycles. The second-order valence-corrected chi connectivity index (χ2v) is 6.24. The van der Waals surface area contributed by atoms with Gasteiger partial charge in [-0.3, -0.25) is 9.59 Å². The van der Waals surface area contributed by atoms with Crippen molar-refractivity contribution in [2.45, 2.75) is 19.8 Å². The zero-order chi connectivity index (χ0) is 16.7. The van der Waals surface area contributed by atoms with Crippen molar-refractivity contribution < 1.29 is 14.3 Å². The number of hydrogen-bond donors (Lipinski definition) is 1. The van der Waals surface area contributed by atoms with Gasteiger partial charge in [0.15, 0.2) is 6.61 Å². The molecule has 2 aromatic carbocycles. The third-order valence-electron chi connectivity index (χ3n) is 4.46. The van der Waals surface area contributed by atoms with E-state index in [0.29, 0.717) is 23.5 Å². The first-order chi connectivity index (χ1) is 11.6. The maximum atomic E-state index is 13.0. The van der Waals surface area contributed by atoms with E-state index in [1.54, 1.807) is 18.2 Å². The third-order valence-corrected chi connectivity index (χ3v) is 4.46. The topological polar surface area (TPSA) is 58.6 Å². The Morgan fingerprint density at radius 2 is 2.08 bits per heavy atom. The van der Waals surface area contributed by atoms with Crippen molar-refractivity contribution in [3.63, 3.8) is 0 Å². The summed E-state index contributed by atoms with van der Waals surface area (Å²) in [4.78, 5) is 26.3. The first-order valence-corrected chi connectivity index (χ1v) is 8.10. The quantitative estimate of drug-likeness (QED) is 0.878. The number of anilines is 2. The standard InChI is InChI=1S/C19H18N2O3/c1-12-4-5-13-3-2-8-21(16(13)9-12)19(23)14-6-7-17-15(10-14)20-18(22)11-24-17/h4-7,9-10H,2-3,8,11H2,1H3,(H,20,22). The van der Waals surface area contributed by atoms with Gasteiger partial charge in [-0.1, -0.05) is 12.1 Å². The summed E-state index contributed by atoms with van der Waals surface area (Å²) in [6.45, 7) is 2.75. The minimum atomic E-state index is -0.203. The zero-order valence-electron chi connectivity index (χ0n) is 13.5. The van der Waals surface area contributed by atoms with E-state index in [-0.39, 0.29) is 18.4 Å². The van der Waals surface area contributed by atoms with Gasteiger partial charge in [-0.25, -0.2) is 0 Å². The molecule has 0 unspecified atom stereocenters. The van der Waals surface area contributed by atoms with Gasteiger partial charge in [-0.15, -0.1) is 0 Å². The number of aryl methyl sites for hydroxylation is 2. The van der Waals surface area contributed by atoms with Gasteiger partial charge in [0.25, 0.3) is 11.8 Å². The summed E-state index contributed by atoms with van der Waals surface area (Å²) in [7, 11) is 0. The van der Waals surface area contributed by atoms with Crippen molar-refractivity contribution >= 4 is 23.2 Å². The maximum Gasteiger partial charge on any atom is 0.262 e. The molecule has 2 amide bonds. The summed E-state index contributed by atoms with van der Waals surface area (Å²) >= 11 is 0. The molecular weight excluding hydrogens is 304 g/mol. The van der Waals surface area contributed by atoms with E-state index in [1.165, 1.54) is 5.56 Å². The van der Waals surface area contributed by atoms with Crippen LogP contribution in [0.25, 0.3) is 0 Å². The molecule has 0 spiro atoms. The van der Waals surface area contributed by atoms with E-state index >= 15 is 0 Å². The molecule has 5 nitrogen and oxygen atoms in total. The predicted molar refractivity (Wildman–Crippen MR) is 91.7 cm³/mol. The summed E-state index contributed by atoms with van der Waals surface area (Å²) in [5.41, 5.74) is 4.44. The molecule has 4 rings (SSSR count). The van der Waals surface area contributed by atoms with Crippen molar-refractivity contribution in [2.24, 2.45) is 0 Å². The molecule has 2 heterocycles. The SMILES string of the molecule is Cc1ccc2c(c1)N(C(=O)c1ccc3c(c1)NC(=O)CO3)CCC2. The molecule has 0 saturated carbocycles. The number of amides is 2. The number of carbonyl (C=O) groups is 2. The van der Waals surface area contributed by atoms with Crippen LogP contribution in [0.3, 0.4) is 0 Å². The first-order valence-electron chi connectivity index (χ1n) is 8.10. The molecule has 0 fully saturated rings. The van der Waals surface area contributed by atoms with Crippen LogP contribution in [0.2, 0.25) is 0 Å². The highest BCUT2D eigenvalue weighted by Gasteiger charge is 2.25. The normalized spacial score (nSPS) is 15.9. The maximum absolute atomic E-state index is 13.0. The van der Waals surface area contributed by atoms with Crippen LogP contribution in [0.5, 0.6) is 5.75 Å². The average molecular weight is 322 g/mol. The smallest absolute Gasteiger partial charge is 0.262 e. The number of benzene rings is 2. The predicted octanol–water partition coefficient (Wildman–Crippen LogP) is 2.92. The Morgan fingerprint density at radius 3 is 2.96 bits per heavy atom. The van der Waals surface area contributed by atoms with Crippen LogP contribution in [0, 0.1) is 6.92 Å². The van der Waals surface area contributed by atoms with Crippen molar-refractivity contribution in [1.82, 2.24) is 0 Å². The lowest BCUT2D eigenvalue weighted by atomic mass is 9.99. The van der Waals surface area contributed by atoms with Gasteiger partial charge >= 0.3 is 0 Å². The Morgan fingerprint density at radius 1 is 1.21 bits per heavy atom. The fourth-order valence-corrected chi connectivity index (χ4v) is 3.27. The van der Waals surface area contributed by atoms with Crippen molar-refractivity contribution in [1.29, 1.82) is 0 Å². The Kier molecular flexibility index (Phi) is 3.49. The van der Waals surface area contributed by atoms with E-state index in [2.05, 4.69) is 23.5 Å². The summed E-state index contributed by atoms with van der Waals surface area (Å²) in [5, 5.41) is 2.75. The summed E-state index contributed by atoms with van der Waals surface area (Å²) in [6, 6.07) is 11.4. The Bertz CT molecular complexity index is 845. The molecule has 0 aliphatic carbocycles. The van der Waals surface area contributed by atoms with Crippen LogP contribution < -0.4 is 15.0 Å². The number of nitrogens with one attached hydrogen (secondary N) is 1.